The van der Waals surface area contributed by atoms with E-state index < -0.39 is 0 Å². The molecule has 1 aromatic carbocycles. The average molecular weight is 309 g/mol. The number of anilines is 2. The van der Waals surface area contributed by atoms with Crippen LogP contribution in [0.2, 0.25) is 5.02 Å². The van der Waals surface area contributed by atoms with Crippen LogP contribution in [-0.4, -0.2) is 15.0 Å². The minimum absolute atomic E-state index is 0.0467. The van der Waals surface area contributed by atoms with Crippen LogP contribution in [0.3, 0.4) is 0 Å². The Morgan fingerprint density at radius 2 is 2.10 bits per heavy atom. The molecule has 2 rings (SSSR count). The summed E-state index contributed by atoms with van der Waals surface area (Å²) in [5.41, 5.74) is 6.39. The van der Waals surface area contributed by atoms with Gasteiger partial charge in [-0.1, -0.05) is 11.6 Å². The predicted octanol–water partition coefficient (Wildman–Crippen LogP) is 2.10. The van der Waals surface area contributed by atoms with E-state index in [4.69, 9.17) is 17.3 Å². The molecule has 6 nitrogen and oxygen atoms in total. The third-order valence-electron chi connectivity index (χ3n) is 3.03. The second-order valence-corrected chi connectivity index (χ2v) is 5.43. The van der Waals surface area contributed by atoms with Crippen LogP contribution < -0.4 is 16.7 Å². The molecule has 112 valence electrons. The molecule has 1 amide bonds. The summed E-state index contributed by atoms with van der Waals surface area (Å²) < 4.78 is 2.90. The van der Waals surface area contributed by atoms with Crippen LogP contribution in [0, 0.1) is 0 Å². The predicted molar refractivity (Wildman–Crippen MR) is 83.6 cm³/mol. The topological polar surface area (TPSA) is 82.1 Å². The number of carbonyl (C=O) groups is 1. The van der Waals surface area contributed by atoms with Crippen LogP contribution in [0.15, 0.2) is 35.4 Å². The maximum absolute atomic E-state index is 12.0. The lowest BCUT2D eigenvalue weighted by atomic mass is 10.2. The summed E-state index contributed by atoms with van der Waals surface area (Å²) in [6.07, 6.45) is 3.25. The lowest BCUT2D eigenvalue weighted by Crippen LogP contribution is -2.29. The normalized spacial score (nSPS) is 10.9. The maximum Gasteiger partial charge on any atom is 0.328 e. The summed E-state index contributed by atoms with van der Waals surface area (Å²) in [5, 5.41) is 3.12. The highest BCUT2D eigenvalue weighted by atomic mass is 35.5. The van der Waals surface area contributed by atoms with Crippen molar-refractivity contribution in [3.8, 4) is 0 Å². The van der Waals surface area contributed by atoms with Crippen LogP contribution in [0.4, 0.5) is 11.4 Å². The second kappa shape index (κ2) is 6.05. The first-order chi connectivity index (χ1) is 9.88. The number of nitrogens with zero attached hydrogens (tertiary/aromatic N) is 2. The maximum atomic E-state index is 12.0. The lowest BCUT2D eigenvalue weighted by Gasteiger charge is -2.09. The van der Waals surface area contributed by atoms with Gasteiger partial charge in [0.15, 0.2) is 0 Å². The molecule has 0 aliphatic heterocycles. The first-order valence-electron chi connectivity index (χ1n) is 6.50. The van der Waals surface area contributed by atoms with Gasteiger partial charge in [0.05, 0.1) is 11.4 Å². The molecule has 1 heterocycles. The van der Waals surface area contributed by atoms with Crippen molar-refractivity contribution in [1.29, 1.82) is 0 Å². The van der Waals surface area contributed by atoms with Crippen molar-refractivity contribution in [1.82, 2.24) is 9.13 Å². The van der Waals surface area contributed by atoms with Crippen LogP contribution in [0.25, 0.3) is 0 Å². The molecular weight excluding hydrogens is 292 g/mol. The number of amides is 1. The SMILES string of the molecule is CC(C)n1ccn(CC(=O)Nc2cc(Cl)ccc2N)c1=O. The Labute approximate surface area is 127 Å². The molecule has 0 spiro atoms. The molecule has 0 unspecified atom stereocenters. The van der Waals surface area contributed by atoms with E-state index >= 15 is 0 Å². The van der Waals surface area contributed by atoms with Gasteiger partial charge in [0.25, 0.3) is 0 Å². The van der Waals surface area contributed by atoms with E-state index in [9.17, 15) is 9.59 Å². The zero-order valence-corrected chi connectivity index (χ0v) is 12.6. The molecule has 0 saturated heterocycles. The number of carbonyl (C=O) groups excluding carboxylic acids is 1. The number of benzene rings is 1. The van der Waals surface area contributed by atoms with Gasteiger partial charge in [-0.3, -0.25) is 13.9 Å². The Morgan fingerprint density at radius 1 is 1.38 bits per heavy atom. The molecule has 0 atom stereocenters. The number of aromatic nitrogens is 2. The van der Waals surface area contributed by atoms with Crippen LogP contribution >= 0.6 is 11.6 Å². The number of nitrogens with two attached hydrogens (primary N) is 1. The molecule has 0 aliphatic carbocycles. The first-order valence-corrected chi connectivity index (χ1v) is 6.88. The highest BCUT2D eigenvalue weighted by Gasteiger charge is 2.11. The number of nitrogen functional groups attached to an aromatic ring is 1. The van der Waals surface area contributed by atoms with Crippen molar-refractivity contribution < 1.29 is 4.79 Å². The van der Waals surface area contributed by atoms with E-state index in [0.717, 1.165) is 0 Å². The Balaban J connectivity index is 2.12. The summed E-state index contributed by atoms with van der Waals surface area (Å²) in [5.74, 6) is -0.340. The van der Waals surface area contributed by atoms with Crippen molar-refractivity contribution in [3.05, 3.63) is 46.1 Å². The van der Waals surface area contributed by atoms with Crippen LogP contribution in [-0.2, 0) is 11.3 Å². The lowest BCUT2D eigenvalue weighted by molar-refractivity contribution is -0.116. The van der Waals surface area contributed by atoms with Crippen LogP contribution in [0.5, 0.6) is 0 Å². The molecule has 0 saturated carbocycles. The third-order valence-corrected chi connectivity index (χ3v) is 3.27. The number of halogens is 1. The number of hydrogen-bond donors (Lipinski definition) is 2. The van der Waals surface area contributed by atoms with E-state index in [1.807, 2.05) is 13.8 Å². The van der Waals surface area contributed by atoms with Gasteiger partial charge in [-0.15, -0.1) is 0 Å². The smallest absolute Gasteiger partial charge is 0.328 e. The standard InChI is InChI=1S/C14H17ClN4O2/c1-9(2)19-6-5-18(14(19)21)8-13(20)17-12-7-10(15)3-4-11(12)16/h3-7,9H,8,16H2,1-2H3,(H,17,20). The molecule has 1 aromatic heterocycles. The summed E-state index contributed by atoms with van der Waals surface area (Å²) in [6, 6.07) is 4.86. The van der Waals surface area contributed by atoms with Crippen molar-refractivity contribution in [2.45, 2.75) is 26.4 Å². The van der Waals surface area contributed by atoms with Crippen molar-refractivity contribution in [3.63, 3.8) is 0 Å². The molecule has 0 radical (unpaired) electrons. The van der Waals surface area contributed by atoms with Gasteiger partial charge in [-0.05, 0) is 32.0 Å². The highest BCUT2D eigenvalue weighted by molar-refractivity contribution is 6.31. The quantitative estimate of drug-likeness (QED) is 0.849. The molecule has 7 heteroatoms. The monoisotopic (exact) mass is 308 g/mol. The molecule has 3 N–H and O–H groups in total. The van der Waals surface area contributed by atoms with E-state index in [1.165, 1.54) is 4.57 Å². The Kier molecular flexibility index (Phi) is 4.37. The van der Waals surface area contributed by atoms with E-state index in [0.29, 0.717) is 16.4 Å². The van der Waals surface area contributed by atoms with Gasteiger partial charge in [-0.2, -0.15) is 0 Å². The van der Waals surface area contributed by atoms with Gasteiger partial charge in [0, 0.05) is 23.5 Å². The Bertz CT molecular complexity index is 718. The average Bonchev–Trinajstić information content (AvgIpc) is 2.75. The van der Waals surface area contributed by atoms with Gasteiger partial charge >= 0.3 is 5.69 Å². The minimum atomic E-state index is -0.340. The zero-order chi connectivity index (χ0) is 15.6. The van der Waals surface area contributed by atoms with Crippen LogP contribution in [0.1, 0.15) is 19.9 Å². The highest BCUT2D eigenvalue weighted by Crippen LogP contribution is 2.22. The number of nitrogens with one attached hydrogen (secondary N) is 1. The van der Waals surface area contributed by atoms with Gasteiger partial charge in [0.2, 0.25) is 5.91 Å². The molecule has 2 aromatic rings. The van der Waals surface area contributed by atoms with Crippen molar-refractivity contribution in [2.75, 3.05) is 11.1 Å². The summed E-state index contributed by atoms with van der Waals surface area (Å²) in [4.78, 5) is 24.0. The fraction of sp³-hybridized carbons (Fsp3) is 0.286. The van der Waals surface area contributed by atoms with E-state index in [1.54, 1.807) is 35.2 Å². The summed E-state index contributed by atoms with van der Waals surface area (Å²) in [7, 11) is 0. The molecule has 0 fully saturated rings. The van der Waals surface area contributed by atoms with Gasteiger partial charge < -0.3 is 11.1 Å². The summed E-state index contributed by atoms with van der Waals surface area (Å²) in [6.45, 7) is 3.72. The van der Waals surface area contributed by atoms with E-state index in [2.05, 4.69) is 5.32 Å². The minimum Gasteiger partial charge on any atom is -0.397 e. The molecular formula is C14H17ClN4O2. The fourth-order valence-electron chi connectivity index (χ4n) is 1.92. The number of hydrogen-bond acceptors (Lipinski definition) is 3. The molecule has 0 aliphatic rings. The molecule has 21 heavy (non-hydrogen) atoms. The third kappa shape index (κ3) is 3.46. The Hall–Kier alpha value is -2.21. The number of imidazole rings is 1. The van der Waals surface area contributed by atoms with E-state index in [-0.39, 0.29) is 24.2 Å². The first kappa shape index (κ1) is 15.2. The fourth-order valence-corrected chi connectivity index (χ4v) is 2.09. The summed E-state index contributed by atoms with van der Waals surface area (Å²) >= 11 is 5.86. The van der Waals surface area contributed by atoms with Crippen molar-refractivity contribution in [2.24, 2.45) is 0 Å². The van der Waals surface area contributed by atoms with Gasteiger partial charge in [0.1, 0.15) is 6.54 Å². The largest absolute Gasteiger partial charge is 0.397 e. The molecule has 0 bridgehead atoms. The van der Waals surface area contributed by atoms with Gasteiger partial charge in [-0.25, -0.2) is 4.79 Å². The second-order valence-electron chi connectivity index (χ2n) is 4.99. The van der Waals surface area contributed by atoms with Crippen molar-refractivity contribution >= 4 is 28.9 Å². The number of rotatable bonds is 4. The zero-order valence-electron chi connectivity index (χ0n) is 11.8. The Morgan fingerprint density at radius 3 is 2.71 bits per heavy atom.